The van der Waals surface area contributed by atoms with E-state index in [4.69, 9.17) is 4.74 Å². The van der Waals surface area contributed by atoms with Crippen LogP contribution in [0.4, 0.5) is 11.5 Å². The lowest BCUT2D eigenvalue weighted by atomic mass is 10.2. The van der Waals surface area contributed by atoms with Crippen LogP contribution in [-0.4, -0.2) is 26.8 Å². The first-order valence-electron chi connectivity index (χ1n) is 6.49. The summed E-state index contributed by atoms with van der Waals surface area (Å²) < 4.78 is 6.48. The van der Waals surface area contributed by atoms with Crippen LogP contribution in [0.3, 0.4) is 0 Å². The largest absolute Gasteiger partial charge is 0.481 e. The van der Waals surface area contributed by atoms with Crippen LogP contribution >= 0.6 is 0 Å². The number of methoxy groups -OCH3 is 1. The third kappa shape index (κ3) is 3.10. The van der Waals surface area contributed by atoms with Crippen molar-refractivity contribution in [1.29, 1.82) is 0 Å². The fourth-order valence-electron chi connectivity index (χ4n) is 2.02. The molecule has 2 aromatic heterocycles. The van der Waals surface area contributed by atoms with Crippen molar-refractivity contribution in [1.82, 2.24) is 14.8 Å². The molecule has 0 saturated heterocycles. The normalized spacial score (nSPS) is 10.4. The van der Waals surface area contributed by atoms with Gasteiger partial charge in [0.2, 0.25) is 11.7 Å². The monoisotopic (exact) mass is 291 g/mol. The zero-order valence-electron chi connectivity index (χ0n) is 12.2. The lowest BCUT2D eigenvalue weighted by Crippen LogP contribution is -2.06. The van der Waals surface area contributed by atoms with Crippen molar-refractivity contribution in [2.24, 2.45) is 7.05 Å². The Balaban J connectivity index is 2.19. The molecule has 8 heteroatoms. The summed E-state index contributed by atoms with van der Waals surface area (Å²) in [5.74, 6) is 0.922. The van der Waals surface area contributed by atoms with Gasteiger partial charge in [-0.25, -0.2) is 9.67 Å². The Kier molecular flexibility index (Phi) is 4.36. The number of nitro groups is 1. The zero-order valence-corrected chi connectivity index (χ0v) is 12.2. The maximum absolute atomic E-state index is 11.2. The molecule has 2 heterocycles. The maximum atomic E-state index is 11.2. The molecule has 1 N–H and O–H groups in total. The first kappa shape index (κ1) is 14.8. The molecule has 2 aromatic rings. The molecule has 0 aliphatic carbocycles. The average Bonchev–Trinajstić information content (AvgIpc) is 2.81. The highest BCUT2D eigenvalue weighted by atomic mass is 16.6. The van der Waals surface area contributed by atoms with Crippen molar-refractivity contribution >= 4 is 11.5 Å². The van der Waals surface area contributed by atoms with E-state index in [-0.39, 0.29) is 5.69 Å². The van der Waals surface area contributed by atoms with Gasteiger partial charge in [-0.1, -0.05) is 13.0 Å². The van der Waals surface area contributed by atoms with E-state index in [1.54, 1.807) is 26.4 Å². The molecule has 0 fully saturated rings. The van der Waals surface area contributed by atoms with E-state index in [0.717, 1.165) is 5.56 Å². The van der Waals surface area contributed by atoms with Gasteiger partial charge in [0.1, 0.15) is 5.69 Å². The summed E-state index contributed by atoms with van der Waals surface area (Å²) in [7, 11) is 3.23. The maximum Gasteiger partial charge on any atom is 0.333 e. The van der Waals surface area contributed by atoms with Crippen LogP contribution in [0, 0.1) is 10.1 Å². The van der Waals surface area contributed by atoms with Crippen LogP contribution in [0.5, 0.6) is 5.88 Å². The molecular formula is C13H17N5O3. The molecule has 112 valence electrons. The Morgan fingerprint density at radius 3 is 2.76 bits per heavy atom. The standard InChI is InChI=1S/C13H17N5O3/c1-4-10-12(18(19)20)13(17(2)16-10)15-8-9-5-6-11(21-3)14-7-9/h5-7,15H,4,8H2,1-3H3. The predicted octanol–water partition coefficient (Wildman–Crippen LogP) is 1.91. The first-order valence-corrected chi connectivity index (χ1v) is 6.49. The summed E-state index contributed by atoms with van der Waals surface area (Å²) in [4.78, 5) is 14.9. The topological polar surface area (TPSA) is 95.1 Å². The fourth-order valence-corrected chi connectivity index (χ4v) is 2.02. The van der Waals surface area contributed by atoms with Crippen LogP contribution in [0.15, 0.2) is 18.3 Å². The van der Waals surface area contributed by atoms with E-state index in [1.807, 2.05) is 13.0 Å². The molecule has 0 unspecified atom stereocenters. The third-order valence-corrected chi connectivity index (χ3v) is 3.08. The lowest BCUT2D eigenvalue weighted by Gasteiger charge is -2.06. The van der Waals surface area contributed by atoms with E-state index in [0.29, 0.717) is 30.4 Å². The molecule has 0 saturated carbocycles. The van der Waals surface area contributed by atoms with E-state index in [1.165, 1.54) is 4.68 Å². The van der Waals surface area contributed by atoms with E-state index in [9.17, 15) is 10.1 Å². The van der Waals surface area contributed by atoms with Crippen molar-refractivity contribution in [3.63, 3.8) is 0 Å². The fraction of sp³-hybridized carbons (Fsp3) is 0.385. The molecule has 8 nitrogen and oxygen atoms in total. The second-order valence-electron chi connectivity index (χ2n) is 4.44. The van der Waals surface area contributed by atoms with Gasteiger partial charge < -0.3 is 10.1 Å². The Labute approximate surface area is 121 Å². The number of rotatable bonds is 6. The van der Waals surface area contributed by atoms with Gasteiger partial charge >= 0.3 is 5.69 Å². The number of hydrogen-bond acceptors (Lipinski definition) is 6. The summed E-state index contributed by atoms with van der Waals surface area (Å²) in [5, 5.41) is 18.4. The Morgan fingerprint density at radius 2 is 2.24 bits per heavy atom. The van der Waals surface area contributed by atoms with Crippen molar-refractivity contribution < 1.29 is 9.66 Å². The summed E-state index contributed by atoms with van der Waals surface area (Å²) in [5.41, 5.74) is 1.39. The van der Waals surface area contributed by atoms with Crippen molar-refractivity contribution in [2.45, 2.75) is 19.9 Å². The first-order chi connectivity index (χ1) is 10.1. The molecule has 0 radical (unpaired) electrons. The molecule has 2 rings (SSSR count). The number of anilines is 1. The van der Waals surface area contributed by atoms with Gasteiger partial charge in [0.05, 0.1) is 12.0 Å². The highest BCUT2D eigenvalue weighted by Crippen LogP contribution is 2.28. The Hall–Kier alpha value is -2.64. The Bertz CT molecular complexity index is 636. The van der Waals surface area contributed by atoms with Crippen LogP contribution in [0.1, 0.15) is 18.2 Å². The number of nitrogens with zero attached hydrogens (tertiary/aromatic N) is 4. The quantitative estimate of drug-likeness (QED) is 0.645. The molecule has 0 atom stereocenters. The second kappa shape index (κ2) is 6.21. The second-order valence-corrected chi connectivity index (χ2v) is 4.44. The average molecular weight is 291 g/mol. The Morgan fingerprint density at radius 1 is 1.48 bits per heavy atom. The van der Waals surface area contributed by atoms with Crippen LogP contribution in [0.2, 0.25) is 0 Å². The molecule has 0 spiro atoms. The minimum atomic E-state index is -0.402. The van der Waals surface area contributed by atoms with Gasteiger partial charge in [0.25, 0.3) is 0 Å². The molecule has 0 amide bonds. The minimum Gasteiger partial charge on any atom is -0.481 e. The smallest absolute Gasteiger partial charge is 0.333 e. The van der Waals surface area contributed by atoms with Gasteiger partial charge in [-0.15, -0.1) is 0 Å². The summed E-state index contributed by atoms with van der Waals surface area (Å²) in [6.07, 6.45) is 2.17. The van der Waals surface area contributed by atoms with Crippen LogP contribution < -0.4 is 10.1 Å². The van der Waals surface area contributed by atoms with Crippen LogP contribution in [0.25, 0.3) is 0 Å². The lowest BCUT2D eigenvalue weighted by molar-refractivity contribution is -0.384. The molecular weight excluding hydrogens is 274 g/mol. The summed E-state index contributed by atoms with van der Waals surface area (Å²) in [6, 6.07) is 3.59. The highest BCUT2D eigenvalue weighted by Gasteiger charge is 2.25. The van der Waals surface area contributed by atoms with E-state index >= 15 is 0 Å². The number of hydrogen-bond donors (Lipinski definition) is 1. The third-order valence-electron chi connectivity index (χ3n) is 3.08. The molecule has 21 heavy (non-hydrogen) atoms. The van der Waals surface area contributed by atoms with Gasteiger partial charge in [0.15, 0.2) is 0 Å². The number of aromatic nitrogens is 3. The van der Waals surface area contributed by atoms with Crippen LogP contribution in [-0.2, 0) is 20.0 Å². The van der Waals surface area contributed by atoms with Gasteiger partial charge in [0, 0.05) is 25.9 Å². The molecule has 0 bridgehead atoms. The minimum absolute atomic E-state index is 0.0291. The van der Waals surface area contributed by atoms with Crippen molar-refractivity contribution in [3.8, 4) is 5.88 Å². The SMILES string of the molecule is CCc1nn(C)c(NCc2ccc(OC)nc2)c1[N+](=O)[O-]. The molecule has 0 aliphatic rings. The number of nitrogens with one attached hydrogen (secondary N) is 1. The van der Waals surface area contributed by atoms with Gasteiger partial charge in [-0.05, 0) is 12.0 Å². The zero-order chi connectivity index (χ0) is 15.4. The van der Waals surface area contributed by atoms with Crippen molar-refractivity contribution in [3.05, 3.63) is 39.7 Å². The predicted molar refractivity (Wildman–Crippen MR) is 77.4 cm³/mol. The number of ether oxygens (including phenoxy) is 1. The van der Waals surface area contributed by atoms with Gasteiger partial charge in [-0.2, -0.15) is 5.10 Å². The van der Waals surface area contributed by atoms with E-state index in [2.05, 4.69) is 15.4 Å². The number of pyridine rings is 1. The molecule has 0 aromatic carbocycles. The number of aryl methyl sites for hydroxylation is 2. The molecule has 0 aliphatic heterocycles. The van der Waals surface area contributed by atoms with Crippen molar-refractivity contribution in [2.75, 3.05) is 12.4 Å². The van der Waals surface area contributed by atoms with E-state index < -0.39 is 4.92 Å². The van der Waals surface area contributed by atoms with Gasteiger partial charge in [-0.3, -0.25) is 10.1 Å². The highest BCUT2D eigenvalue weighted by molar-refractivity contribution is 5.59. The summed E-state index contributed by atoms with van der Waals surface area (Å²) >= 11 is 0. The summed E-state index contributed by atoms with van der Waals surface area (Å²) in [6.45, 7) is 2.26.